The zero-order chi connectivity index (χ0) is 22.8. The summed E-state index contributed by atoms with van der Waals surface area (Å²) in [7, 11) is 0. The van der Waals surface area contributed by atoms with Crippen molar-refractivity contribution in [1.29, 1.82) is 0 Å². The molecule has 2 atom stereocenters. The normalized spacial score (nSPS) is 19.4. The van der Waals surface area contributed by atoms with Crippen LogP contribution in [0, 0.1) is 5.92 Å². The van der Waals surface area contributed by atoms with E-state index in [0.717, 1.165) is 17.7 Å². The quantitative estimate of drug-likeness (QED) is 0.652. The first kappa shape index (κ1) is 22.3. The number of carbonyl (C=O) groups excluding carboxylic acids is 3. The third-order valence-electron chi connectivity index (χ3n) is 6.29. The largest absolute Gasteiger partial charge is 0.452 e. The average molecular weight is 455 g/mol. The van der Waals surface area contributed by atoms with E-state index in [9.17, 15) is 14.4 Å². The summed E-state index contributed by atoms with van der Waals surface area (Å²) in [4.78, 5) is 41.9. The van der Waals surface area contributed by atoms with Crippen molar-refractivity contribution in [2.24, 2.45) is 5.92 Å². The van der Waals surface area contributed by atoms with Gasteiger partial charge >= 0.3 is 5.97 Å². The van der Waals surface area contributed by atoms with Crippen LogP contribution in [-0.4, -0.2) is 47.9 Å². The average Bonchev–Trinajstić information content (AvgIpc) is 3.14. The maximum absolute atomic E-state index is 13.0. The van der Waals surface area contributed by atoms with Gasteiger partial charge in [0.1, 0.15) is 0 Å². The molecular weight excluding hydrogens is 428 g/mol. The molecule has 2 aliphatic heterocycles. The second-order valence-corrected chi connectivity index (χ2v) is 8.98. The lowest BCUT2D eigenvalue weighted by Gasteiger charge is -2.32. The van der Waals surface area contributed by atoms with Crippen LogP contribution in [0.2, 0.25) is 5.02 Å². The number of benzene rings is 2. The summed E-state index contributed by atoms with van der Waals surface area (Å²) in [6.45, 7) is 4.58. The van der Waals surface area contributed by atoms with Crippen molar-refractivity contribution in [1.82, 2.24) is 4.90 Å². The van der Waals surface area contributed by atoms with E-state index in [2.05, 4.69) is 0 Å². The van der Waals surface area contributed by atoms with E-state index >= 15 is 0 Å². The number of esters is 1. The lowest BCUT2D eigenvalue weighted by atomic mass is 9.96. The summed E-state index contributed by atoms with van der Waals surface area (Å²) < 4.78 is 5.57. The molecule has 0 saturated carbocycles. The predicted molar refractivity (Wildman–Crippen MR) is 123 cm³/mol. The third-order valence-corrected chi connectivity index (χ3v) is 6.54. The zero-order valence-electron chi connectivity index (χ0n) is 18.3. The molecule has 4 rings (SSSR count). The summed E-state index contributed by atoms with van der Waals surface area (Å²) in [5, 5.41) is 0.582. The Balaban J connectivity index is 1.31. The summed E-state index contributed by atoms with van der Waals surface area (Å²) in [6.07, 6.45) is 0.969. The Kier molecular flexibility index (Phi) is 6.51. The second-order valence-electron chi connectivity index (χ2n) is 8.54. The molecule has 7 heteroatoms. The predicted octanol–water partition coefficient (Wildman–Crippen LogP) is 4.10. The number of para-hydroxylation sites is 1. The molecule has 2 heterocycles. The first-order valence-electron chi connectivity index (χ1n) is 11.0. The van der Waals surface area contributed by atoms with Crippen LogP contribution in [-0.2, 0) is 20.7 Å². The Bertz CT molecular complexity index is 1010. The van der Waals surface area contributed by atoms with E-state index in [4.69, 9.17) is 16.3 Å². The molecule has 2 aromatic carbocycles. The minimum atomic E-state index is -0.857. The first-order valence-corrected chi connectivity index (χ1v) is 11.4. The van der Waals surface area contributed by atoms with Crippen LogP contribution >= 0.6 is 11.6 Å². The number of ether oxygens (including phenoxy) is 1. The Labute approximate surface area is 193 Å². The monoisotopic (exact) mass is 454 g/mol. The number of carbonyl (C=O) groups is 3. The van der Waals surface area contributed by atoms with Gasteiger partial charge in [-0.1, -0.05) is 29.8 Å². The SMILES string of the molecule is C[C@@H](OC(=O)C1CCN(C(=O)c2ccc(Cl)cc2)CC1)C(=O)N1c2ccccc2C[C@@H]1C. The highest BCUT2D eigenvalue weighted by atomic mass is 35.5. The lowest BCUT2D eigenvalue weighted by molar-refractivity contribution is -0.159. The van der Waals surface area contributed by atoms with Gasteiger partial charge in [0.15, 0.2) is 6.10 Å². The molecule has 2 amide bonds. The van der Waals surface area contributed by atoms with Crippen molar-refractivity contribution in [2.75, 3.05) is 18.0 Å². The number of fused-ring (bicyclic) bond motifs is 1. The number of rotatable bonds is 4. The van der Waals surface area contributed by atoms with Crippen molar-refractivity contribution in [3.05, 3.63) is 64.7 Å². The van der Waals surface area contributed by atoms with Crippen LogP contribution in [0.15, 0.2) is 48.5 Å². The smallest absolute Gasteiger partial charge is 0.309 e. The standard InChI is InChI=1S/C25H27ClN2O4/c1-16-15-20-5-3-4-6-22(20)28(16)23(29)17(2)32-25(31)19-11-13-27(14-12-19)24(30)18-7-9-21(26)10-8-18/h3-10,16-17,19H,11-15H2,1-2H3/t16-,17+/m0/s1. The minimum absolute atomic E-state index is 0.0307. The van der Waals surface area contributed by atoms with Crippen LogP contribution in [0.3, 0.4) is 0 Å². The first-order chi connectivity index (χ1) is 15.3. The van der Waals surface area contributed by atoms with E-state index < -0.39 is 6.10 Å². The van der Waals surface area contributed by atoms with E-state index in [0.29, 0.717) is 36.5 Å². The molecule has 2 aliphatic rings. The van der Waals surface area contributed by atoms with Gasteiger partial charge in [0.05, 0.1) is 5.92 Å². The van der Waals surface area contributed by atoms with E-state index in [1.807, 2.05) is 31.2 Å². The van der Waals surface area contributed by atoms with Crippen molar-refractivity contribution in [2.45, 2.75) is 45.3 Å². The van der Waals surface area contributed by atoms with Gasteiger partial charge in [-0.15, -0.1) is 0 Å². The number of hydrogen-bond donors (Lipinski definition) is 0. The van der Waals surface area contributed by atoms with Crippen LogP contribution in [0.4, 0.5) is 5.69 Å². The molecule has 168 valence electrons. The Hall–Kier alpha value is -2.86. The Morgan fingerprint density at radius 2 is 1.69 bits per heavy atom. The summed E-state index contributed by atoms with van der Waals surface area (Å²) >= 11 is 5.89. The number of amides is 2. The maximum atomic E-state index is 13.0. The molecule has 1 saturated heterocycles. The molecule has 1 fully saturated rings. The van der Waals surface area contributed by atoms with Gasteiger partial charge in [0.2, 0.25) is 0 Å². The van der Waals surface area contributed by atoms with Crippen LogP contribution in [0.25, 0.3) is 0 Å². The van der Waals surface area contributed by atoms with Gasteiger partial charge in [-0.3, -0.25) is 14.4 Å². The molecule has 0 radical (unpaired) electrons. The number of nitrogens with zero attached hydrogens (tertiary/aromatic N) is 2. The van der Waals surface area contributed by atoms with Crippen molar-refractivity contribution in [3.63, 3.8) is 0 Å². The number of likely N-dealkylation sites (tertiary alicyclic amines) is 1. The highest BCUT2D eigenvalue weighted by molar-refractivity contribution is 6.30. The minimum Gasteiger partial charge on any atom is -0.452 e. The van der Waals surface area contributed by atoms with Crippen molar-refractivity contribution >= 4 is 35.1 Å². The Morgan fingerprint density at radius 3 is 2.38 bits per heavy atom. The number of anilines is 1. The summed E-state index contributed by atoms with van der Waals surface area (Å²) in [5.74, 6) is -0.961. The Morgan fingerprint density at radius 1 is 1.03 bits per heavy atom. The van der Waals surface area contributed by atoms with Crippen LogP contribution in [0.1, 0.15) is 42.6 Å². The fraction of sp³-hybridized carbons (Fsp3) is 0.400. The van der Waals surface area contributed by atoms with Gasteiger partial charge in [-0.25, -0.2) is 0 Å². The molecule has 0 aromatic heterocycles. The van der Waals surface area contributed by atoms with Crippen LogP contribution in [0.5, 0.6) is 0 Å². The summed E-state index contributed by atoms with van der Waals surface area (Å²) in [6, 6.07) is 14.6. The number of hydrogen-bond acceptors (Lipinski definition) is 4. The maximum Gasteiger partial charge on any atom is 0.309 e. The fourth-order valence-electron chi connectivity index (χ4n) is 4.51. The molecule has 0 spiro atoms. The van der Waals surface area contributed by atoms with Gasteiger partial charge in [0, 0.05) is 35.4 Å². The second kappa shape index (κ2) is 9.33. The molecular formula is C25H27ClN2O4. The van der Waals surface area contributed by atoms with Crippen molar-refractivity contribution < 1.29 is 19.1 Å². The number of piperidine rings is 1. The molecule has 0 N–H and O–H groups in total. The third kappa shape index (κ3) is 4.51. The molecule has 0 bridgehead atoms. The molecule has 0 aliphatic carbocycles. The molecule has 0 unspecified atom stereocenters. The van der Waals surface area contributed by atoms with Gasteiger partial charge in [-0.2, -0.15) is 0 Å². The van der Waals surface area contributed by atoms with Gasteiger partial charge in [0.25, 0.3) is 11.8 Å². The van der Waals surface area contributed by atoms with E-state index in [1.54, 1.807) is 41.0 Å². The van der Waals surface area contributed by atoms with Gasteiger partial charge < -0.3 is 14.5 Å². The highest BCUT2D eigenvalue weighted by Crippen LogP contribution is 2.32. The van der Waals surface area contributed by atoms with Gasteiger partial charge in [-0.05, 0) is 69.0 Å². The molecule has 2 aromatic rings. The highest BCUT2D eigenvalue weighted by Gasteiger charge is 2.36. The molecule has 6 nitrogen and oxygen atoms in total. The fourth-order valence-corrected chi connectivity index (χ4v) is 4.64. The zero-order valence-corrected chi connectivity index (χ0v) is 19.0. The van der Waals surface area contributed by atoms with E-state index in [-0.39, 0.29) is 29.7 Å². The van der Waals surface area contributed by atoms with E-state index in [1.165, 1.54) is 0 Å². The van der Waals surface area contributed by atoms with Crippen LogP contribution < -0.4 is 4.90 Å². The lowest BCUT2D eigenvalue weighted by Crippen LogP contribution is -2.45. The molecule has 32 heavy (non-hydrogen) atoms. The van der Waals surface area contributed by atoms with Crippen molar-refractivity contribution in [3.8, 4) is 0 Å². The summed E-state index contributed by atoms with van der Waals surface area (Å²) in [5.41, 5.74) is 2.60. The topological polar surface area (TPSA) is 66.9 Å². The number of halogens is 1.